The molecule has 0 amide bonds. The fourth-order valence-electron chi connectivity index (χ4n) is 2.10. The standard InChI is InChI=1S/C15H15N3/c1-2-3-12-4-6-13(7-5-12)14-8-9-15-16-10-11-18(15)17-14/h4-11H,2-3H2,1H3. The Balaban J connectivity index is 1.97. The summed E-state index contributed by atoms with van der Waals surface area (Å²) in [4.78, 5) is 4.19. The maximum Gasteiger partial charge on any atom is 0.153 e. The van der Waals surface area contributed by atoms with Crippen molar-refractivity contribution in [1.82, 2.24) is 14.6 Å². The van der Waals surface area contributed by atoms with Gasteiger partial charge < -0.3 is 0 Å². The van der Waals surface area contributed by atoms with Gasteiger partial charge in [-0.25, -0.2) is 9.50 Å². The van der Waals surface area contributed by atoms with Gasteiger partial charge in [0.15, 0.2) is 5.65 Å². The minimum atomic E-state index is 0.876. The predicted octanol–water partition coefficient (Wildman–Crippen LogP) is 3.35. The first-order valence-corrected chi connectivity index (χ1v) is 6.26. The number of rotatable bonds is 3. The number of imidazole rings is 1. The molecule has 90 valence electrons. The van der Waals surface area contributed by atoms with Crippen LogP contribution in [0.2, 0.25) is 0 Å². The van der Waals surface area contributed by atoms with E-state index in [2.05, 4.69) is 41.3 Å². The smallest absolute Gasteiger partial charge is 0.153 e. The van der Waals surface area contributed by atoms with Gasteiger partial charge in [0, 0.05) is 18.0 Å². The van der Waals surface area contributed by atoms with Gasteiger partial charge in [0.05, 0.1) is 5.69 Å². The molecule has 3 heteroatoms. The lowest BCUT2D eigenvalue weighted by atomic mass is 10.1. The van der Waals surface area contributed by atoms with Crippen LogP contribution in [0.25, 0.3) is 16.9 Å². The Kier molecular flexibility index (Phi) is 2.81. The molecular formula is C15H15N3. The van der Waals surface area contributed by atoms with Gasteiger partial charge in [-0.2, -0.15) is 5.10 Å². The highest BCUT2D eigenvalue weighted by Gasteiger charge is 2.01. The van der Waals surface area contributed by atoms with E-state index in [1.54, 1.807) is 10.7 Å². The van der Waals surface area contributed by atoms with Gasteiger partial charge >= 0.3 is 0 Å². The van der Waals surface area contributed by atoms with Crippen molar-refractivity contribution in [1.29, 1.82) is 0 Å². The first-order chi connectivity index (χ1) is 8.86. The molecule has 1 aromatic carbocycles. The van der Waals surface area contributed by atoms with Crippen LogP contribution in [0.3, 0.4) is 0 Å². The molecule has 3 aromatic rings. The molecule has 3 rings (SSSR count). The molecule has 0 bridgehead atoms. The number of fused-ring (bicyclic) bond motifs is 1. The lowest BCUT2D eigenvalue weighted by Crippen LogP contribution is -1.93. The maximum atomic E-state index is 4.54. The molecule has 0 aliphatic carbocycles. The van der Waals surface area contributed by atoms with Crippen molar-refractivity contribution in [3.63, 3.8) is 0 Å². The summed E-state index contributed by atoms with van der Waals surface area (Å²) < 4.78 is 1.80. The molecule has 0 saturated carbocycles. The van der Waals surface area contributed by atoms with Crippen LogP contribution in [0.1, 0.15) is 18.9 Å². The van der Waals surface area contributed by atoms with Crippen LogP contribution < -0.4 is 0 Å². The van der Waals surface area contributed by atoms with Crippen molar-refractivity contribution < 1.29 is 0 Å². The molecule has 0 fully saturated rings. The molecule has 0 saturated heterocycles. The third-order valence-electron chi connectivity index (χ3n) is 3.04. The molecule has 0 aliphatic heterocycles. The second-order valence-corrected chi connectivity index (χ2v) is 4.40. The molecule has 18 heavy (non-hydrogen) atoms. The zero-order valence-corrected chi connectivity index (χ0v) is 10.4. The minimum Gasteiger partial charge on any atom is -0.236 e. The highest BCUT2D eigenvalue weighted by molar-refractivity contribution is 5.60. The van der Waals surface area contributed by atoms with E-state index in [9.17, 15) is 0 Å². The van der Waals surface area contributed by atoms with E-state index in [1.165, 1.54) is 12.0 Å². The van der Waals surface area contributed by atoms with Crippen LogP contribution in [0.5, 0.6) is 0 Å². The van der Waals surface area contributed by atoms with E-state index in [0.717, 1.165) is 23.3 Å². The highest BCUT2D eigenvalue weighted by Crippen LogP contribution is 2.18. The van der Waals surface area contributed by atoms with Crippen molar-refractivity contribution in [3.8, 4) is 11.3 Å². The van der Waals surface area contributed by atoms with Gasteiger partial charge in [-0.05, 0) is 24.1 Å². The minimum absolute atomic E-state index is 0.876. The van der Waals surface area contributed by atoms with Gasteiger partial charge in [-0.3, -0.25) is 0 Å². The lowest BCUT2D eigenvalue weighted by Gasteiger charge is -2.03. The molecule has 0 N–H and O–H groups in total. The molecule has 0 atom stereocenters. The van der Waals surface area contributed by atoms with E-state index in [0.29, 0.717) is 0 Å². The lowest BCUT2D eigenvalue weighted by molar-refractivity contribution is 0.920. The maximum absolute atomic E-state index is 4.54. The van der Waals surface area contributed by atoms with E-state index in [4.69, 9.17) is 0 Å². The van der Waals surface area contributed by atoms with Gasteiger partial charge in [0.2, 0.25) is 0 Å². The van der Waals surface area contributed by atoms with Crippen LogP contribution in [0.15, 0.2) is 48.8 Å². The molecule has 3 nitrogen and oxygen atoms in total. The summed E-state index contributed by atoms with van der Waals surface area (Å²) in [6.07, 6.45) is 5.94. The summed E-state index contributed by atoms with van der Waals surface area (Å²) in [6.45, 7) is 2.20. The van der Waals surface area contributed by atoms with E-state index in [1.807, 2.05) is 18.3 Å². The third-order valence-corrected chi connectivity index (χ3v) is 3.04. The number of benzene rings is 1. The third kappa shape index (κ3) is 1.99. The summed E-state index contributed by atoms with van der Waals surface area (Å²) in [5.41, 5.74) is 4.38. The summed E-state index contributed by atoms with van der Waals surface area (Å²) >= 11 is 0. The van der Waals surface area contributed by atoms with Crippen LogP contribution in [-0.4, -0.2) is 14.6 Å². The van der Waals surface area contributed by atoms with Gasteiger partial charge in [0.25, 0.3) is 0 Å². The fraction of sp³-hybridized carbons (Fsp3) is 0.200. The molecule has 2 heterocycles. The first kappa shape index (κ1) is 11.0. The molecule has 0 aliphatic rings. The molecule has 0 spiro atoms. The monoisotopic (exact) mass is 237 g/mol. The number of nitrogens with zero attached hydrogens (tertiary/aromatic N) is 3. The van der Waals surface area contributed by atoms with Crippen LogP contribution in [0, 0.1) is 0 Å². The summed E-state index contributed by atoms with van der Waals surface area (Å²) in [7, 11) is 0. The second kappa shape index (κ2) is 4.61. The SMILES string of the molecule is CCCc1ccc(-c2ccc3nccn3n2)cc1. The Morgan fingerprint density at radius 3 is 2.67 bits per heavy atom. The topological polar surface area (TPSA) is 30.2 Å². The van der Waals surface area contributed by atoms with Crippen LogP contribution >= 0.6 is 0 Å². The van der Waals surface area contributed by atoms with Crippen molar-refractivity contribution in [2.45, 2.75) is 19.8 Å². The van der Waals surface area contributed by atoms with E-state index in [-0.39, 0.29) is 0 Å². The Labute approximate surface area is 106 Å². The Morgan fingerprint density at radius 1 is 1.06 bits per heavy atom. The van der Waals surface area contributed by atoms with E-state index >= 15 is 0 Å². The molecule has 0 radical (unpaired) electrons. The number of aryl methyl sites for hydroxylation is 1. The van der Waals surface area contributed by atoms with Crippen molar-refractivity contribution in [2.75, 3.05) is 0 Å². The van der Waals surface area contributed by atoms with Crippen molar-refractivity contribution in [2.24, 2.45) is 0 Å². The molecule has 0 unspecified atom stereocenters. The van der Waals surface area contributed by atoms with Crippen LogP contribution in [-0.2, 0) is 6.42 Å². The predicted molar refractivity (Wildman–Crippen MR) is 72.4 cm³/mol. The number of aromatic nitrogens is 3. The average Bonchev–Trinajstić information content (AvgIpc) is 2.87. The van der Waals surface area contributed by atoms with Crippen LogP contribution in [0.4, 0.5) is 0 Å². The Bertz CT molecular complexity index is 653. The molecule has 2 aromatic heterocycles. The summed E-state index contributed by atoms with van der Waals surface area (Å²) in [6, 6.07) is 12.6. The fourth-order valence-corrected chi connectivity index (χ4v) is 2.10. The summed E-state index contributed by atoms with van der Waals surface area (Å²) in [5.74, 6) is 0. The Morgan fingerprint density at radius 2 is 1.89 bits per heavy atom. The highest BCUT2D eigenvalue weighted by atomic mass is 15.2. The molecular weight excluding hydrogens is 222 g/mol. The quantitative estimate of drug-likeness (QED) is 0.699. The number of hydrogen-bond donors (Lipinski definition) is 0. The van der Waals surface area contributed by atoms with E-state index < -0.39 is 0 Å². The summed E-state index contributed by atoms with van der Waals surface area (Å²) in [5, 5.41) is 4.54. The van der Waals surface area contributed by atoms with Gasteiger partial charge in [-0.1, -0.05) is 37.6 Å². The van der Waals surface area contributed by atoms with Crippen molar-refractivity contribution in [3.05, 3.63) is 54.4 Å². The zero-order chi connectivity index (χ0) is 12.4. The van der Waals surface area contributed by atoms with Gasteiger partial charge in [0.1, 0.15) is 0 Å². The zero-order valence-electron chi connectivity index (χ0n) is 10.4. The second-order valence-electron chi connectivity index (χ2n) is 4.40. The average molecular weight is 237 g/mol. The van der Waals surface area contributed by atoms with Gasteiger partial charge in [-0.15, -0.1) is 0 Å². The Hall–Kier alpha value is -2.16. The van der Waals surface area contributed by atoms with Crippen molar-refractivity contribution >= 4 is 5.65 Å². The number of hydrogen-bond acceptors (Lipinski definition) is 2. The first-order valence-electron chi connectivity index (χ1n) is 6.26. The largest absolute Gasteiger partial charge is 0.236 e. The normalized spacial score (nSPS) is 10.9.